The van der Waals surface area contributed by atoms with Crippen molar-refractivity contribution in [2.24, 2.45) is 0 Å². The molecule has 4 bridgehead atoms. The van der Waals surface area contributed by atoms with Crippen LogP contribution in [-0.4, -0.2) is 96.5 Å². The highest BCUT2D eigenvalue weighted by atomic mass is 32.2. The number of thioether (sulfide) groups is 1. The van der Waals surface area contributed by atoms with E-state index >= 15 is 0 Å². The average molecular weight is 783 g/mol. The van der Waals surface area contributed by atoms with Gasteiger partial charge < -0.3 is 38.6 Å². The summed E-state index contributed by atoms with van der Waals surface area (Å²) < 4.78 is 36.6. The molecule has 7 heterocycles. The predicted molar refractivity (Wildman–Crippen MR) is 200 cm³/mol. The summed E-state index contributed by atoms with van der Waals surface area (Å²) in [7, 11) is 5.02. The van der Waals surface area contributed by atoms with Gasteiger partial charge in [0, 0.05) is 60.0 Å². The van der Waals surface area contributed by atoms with E-state index in [0.717, 1.165) is 27.8 Å². The fourth-order valence-corrected chi connectivity index (χ4v) is 12.7. The van der Waals surface area contributed by atoms with Gasteiger partial charge in [-0.2, -0.15) is 5.26 Å². The zero-order chi connectivity index (χ0) is 39.2. The van der Waals surface area contributed by atoms with Crippen LogP contribution in [0, 0.1) is 25.2 Å². The number of piperazine rings is 1. The highest BCUT2D eigenvalue weighted by Gasteiger charge is 2.75. The van der Waals surface area contributed by atoms with Crippen molar-refractivity contribution in [1.82, 2.24) is 15.1 Å². The molecule has 8 aliphatic rings. The van der Waals surface area contributed by atoms with Crippen LogP contribution in [0.15, 0.2) is 18.2 Å². The van der Waals surface area contributed by atoms with Crippen molar-refractivity contribution < 1.29 is 48.2 Å². The average Bonchev–Trinajstić information content (AvgIpc) is 3.61. The number of nitrogens with zero attached hydrogens (tertiary/aromatic N) is 3. The zero-order valence-corrected chi connectivity index (χ0v) is 32.7. The Morgan fingerprint density at radius 3 is 2.61 bits per heavy atom. The molecule has 15 heteroatoms. The molecular weight excluding hydrogens is 741 g/mol. The molecule has 3 fully saturated rings. The van der Waals surface area contributed by atoms with Crippen LogP contribution in [0.25, 0.3) is 0 Å². The van der Waals surface area contributed by atoms with Crippen molar-refractivity contribution in [3.63, 3.8) is 0 Å². The third-order valence-electron chi connectivity index (χ3n) is 13.3. The summed E-state index contributed by atoms with van der Waals surface area (Å²) >= 11 is 1.50. The van der Waals surface area contributed by atoms with Gasteiger partial charge in [-0.3, -0.25) is 19.9 Å². The topological polar surface area (TPSA) is 172 Å². The Bertz CT molecular complexity index is 2330. The van der Waals surface area contributed by atoms with Gasteiger partial charge in [-0.1, -0.05) is 6.07 Å². The van der Waals surface area contributed by atoms with Crippen molar-refractivity contribution in [2.45, 2.75) is 86.6 Å². The van der Waals surface area contributed by atoms with E-state index in [2.05, 4.69) is 27.3 Å². The van der Waals surface area contributed by atoms with Gasteiger partial charge in [-0.15, -0.1) is 11.8 Å². The summed E-state index contributed by atoms with van der Waals surface area (Å²) in [6.07, 6.45) is 0.648. The Morgan fingerprint density at radius 1 is 1.09 bits per heavy atom. The van der Waals surface area contributed by atoms with Gasteiger partial charge in [0.1, 0.15) is 17.9 Å². The molecule has 7 aliphatic heterocycles. The van der Waals surface area contributed by atoms with Crippen LogP contribution < -0.4 is 29.0 Å². The minimum atomic E-state index is -1.36. The SMILES string of the molecule is COc1cc2c(cc1O)CCN[C@]21CS[C@@H]2c3c(OC(C)=O)c(C)c4c(c3C3(C[C@H]3OC1=O)N1C2[C@H]2c3c(cc(C)c(OC)c3O)C[C@@H]([C@@H]1C#N)N2C)OCO4. The van der Waals surface area contributed by atoms with E-state index in [1.54, 1.807) is 19.2 Å². The number of carbonyl (C=O) groups excluding carboxylic acids is 2. The molecule has 3 aromatic rings. The van der Waals surface area contributed by atoms with Crippen molar-refractivity contribution in [3.8, 4) is 46.3 Å². The van der Waals surface area contributed by atoms with Crippen LogP contribution in [0.4, 0.5) is 0 Å². The fourth-order valence-electron chi connectivity index (χ4n) is 11.0. The van der Waals surface area contributed by atoms with Crippen LogP contribution in [0.2, 0.25) is 0 Å². The van der Waals surface area contributed by atoms with E-state index in [1.807, 2.05) is 20.9 Å². The monoisotopic (exact) mass is 782 g/mol. The molecule has 1 aliphatic carbocycles. The Balaban J connectivity index is 1.28. The van der Waals surface area contributed by atoms with Crippen LogP contribution >= 0.6 is 11.8 Å². The molecule has 3 N–H and O–H groups in total. The number of hydrogen-bond acceptors (Lipinski definition) is 15. The molecule has 0 radical (unpaired) electrons. The van der Waals surface area contributed by atoms with Gasteiger partial charge in [-0.05, 0) is 68.1 Å². The number of methoxy groups -OCH3 is 2. The summed E-state index contributed by atoms with van der Waals surface area (Å²) in [6.45, 7) is 5.51. The van der Waals surface area contributed by atoms with Crippen LogP contribution in [0.1, 0.15) is 69.1 Å². The lowest BCUT2D eigenvalue weighted by atomic mass is 9.70. The van der Waals surface area contributed by atoms with E-state index < -0.39 is 52.5 Å². The largest absolute Gasteiger partial charge is 0.504 e. The molecular formula is C41H42N4O10S. The molecule has 0 aromatic heterocycles. The number of hydrogen-bond donors (Lipinski definition) is 3. The third-order valence-corrected chi connectivity index (χ3v) is 14.8. The molecule has 14 nitrogen and oxygen atoms in total. The summed E-state index contributed by atoms with van der Waals surface area (Å²) in [5.41, 5.74) is 3.48. The van der Waals surface area contributed by atoms with Crippen molar-refractivity contribution >= 4 is 23.7 Å². The number of aryl methyl sites for hydroxylation is 1. The number of benzene rings is 3. The van der Waals surface area contributed by atoms with Gasteiger partial charge in [-0.25, -0.2) is 4.79 Å². The van der Waals surface area contributed by atoms with Crippen molar-refractivity contribution in [1.29, 1.82) is 5.26 Å². The molecule has 292 valence electrons. The lowest BCUT2D eigenvalue weighted by molar-refractivity contribution is -0.158. The number of fused-ring (bicyclic) bond motifs is 8. The van der Waals surface area contributed by atoms with Gasteiger partial charge in [0.15, 0.2) is 40.0 Å². The Kier molecular flexibility index (Phi) is 7.65. The first kappa shape index (κ1) is 35.5. The second-order valence-corrected chi connectivity index (χ2v) is 17.1. The van der Waals surface area contributed by atoms with Crippen molar-refractivity contribution in [3.05, 3.63) is 62.7 Å². The van der Waals surface area contributed by atoms with E-state index in [4.69, 9.17) is 28.4 Å². The Hall–Kier alpha value is -4.88. The maximum atomic E-state index is 15.0. The number of phenolic OH excluding ortho intramolecular Hbond substituents is 2. The number of rotatable bonds is 3. The third kappa shape index (κ3) is 4.38. The molecule has 11 rings (SSSR count). The first-order chi connectivity index (χ1) is 26.9. The van der Waals surface area contributed by atoms with Crippen LogP contribution in [-0.2, 0) is 38.2 Å². The molecule has 2 saturated heterocycles. The summed E-state index contributed by atoms with van der Waals surface area (Å²) in [4.78, 5) is 32.5. The van der Waals surface area contributed by atoms with E-state index in [9.17, 15) is 25.1 Å². The van der Waals surface area contributed by atoms with Gasteiger partial charge in [0.05, 0.1) is 37.1 Å². The first-order valence-corrected chi connectivity index (χ1v) is 19.9. The second-order valence-electron chi connectivity index (χ2n) is 15.9. The number of nitriles is 1. The molecule has 0 amide bonds. The van der Waals surface area contributed by atoms with Crippen molar-refractivity contribution in [2.75, 3.05) is 40.4 Å². The number of nitrogens with one attached hydrogen (secondary N) is 1. The zero-order valence-electron chi connectivity index (χ0n) is 31.8. The minimum absolute atomic E-state index is 0.0182. The summed E-state index contributed by atoms with van der Waals surface area (Å²) in [5.74, 6) is 1.12. The fraction of sp³-hybridized carbons (Fsp3) is 0.488. The van der Waals surface area contributed by atoms with Crippen LogP contribution in [0.3, 0.4) is 0 Å². The predicted octanol–water partition coefficient (Wildman–Crippen LogP) is 3.91. The number of aromatic hydroxyl groups is 2. The van der Waals surface area contributed by atoms with Crippen LogP contribution in [0.5, 0.6) is 40.2 Å². The smallest absolute Gasteiger partial charge is 0.332 e. The van der Waals surface area contributed by atoms with Gasteiger partial charge in [0.25, 0.3) is 0 Å². The Morgan fingerprint density at radius 2 is 1.88 bits per heavy atom. The summed E-state index contributed by atoms with van der Waals surface area (Å²) in [5, 5.41) is 37.2. The van der Waals surface area contributed by atoms with E-state index in [1.165, 1.54) is 25.8 Å². The molecule has 3 aromatic carbocycles. The molecule has 2 spiro atoms. The number of esters is 2. The number of phenols is 2. The summed E-state index contributed by atoms with van der Waals surface area (Å²) in [6, 6.07) is 6.15. The number of likely N-dealkylation sites (N-methyl/N-ethyl adjacent to an activating group) is 1. The number of ether oxygens (including phenoxy) is 6. The Labute approximate surface area is 327 Å². The highest BCUT2D eigenvalue weighted by molar-refractivity contribution is 7.99. The molecule has 2 unspecified atom stereocenters. The number of carbonyl (C=O) groups is 2. The lowest BCUT2D eigenvalue weighted by Crippen LogP contribution is -2.71. The van der Waals surface area contributed by atoms with E-state index in [0.29, 0.717) is 65.5 Å². The minimum Gasteiger partial charge on any atom is -0.504 e. The van der Waals surface area contributed by atoms with E-state index in [-0.39, 0.29) is 35.8 Å². The molecule has 8 atom stereocenters. The van der Waals surface area contributed by atoms with Gasteiger partial charge >= 0.3 is 11.9 Å². The first-order valence-electron chi connectivity index (χ1n) is 18.8. The van der Waals surface area contributed by atoms with Gasteiger partial charge in [0.2, 0.25) is 6.79 Å². The lowest BCUT2D eigenvalue weighted by Gasteiger charge is -2.62. The molecule has 56 heavy (non-hydrogen) atoms. The quantitative estimate of drug-likeness (QED) is 0.258. The highest BCUT2D eigenvalue weighted by Crippen LogP contribution is 2.72. The maximum Gasteiger partial charge on any atom is 0.332 e. The molecule has 1 saturated carbocycles. The maximum absolute atomic E-state index is 15.0. The normalized spacial score (nSPS) is 31.8. The standard InChI is InChI=1S/C41H42N4O10S/c1-17-9-21-10-23-24(14-42)45-32(31(44(23)4)28(21)33(48)34(17)51-6)38-29-30(37-36(52-16-53-37)18(2)35(29)54-19(3)46)41(45)13-27(41)55-39(49)40(15-56-38)22-12-26(50-5)25(47)11-20(22)7-8-43-40/h9,11-12,23-24,27,31-32,38,43,47-48H,7-8,10,13,15-16H2,1-6H3/t23-,24-,27+,31+,32?,38+,40+,41?/m0/s1. The second kappa shape index (κ2) is 12.1.